The molecule has 1 heterocycles. The molecular weight excluding hydrogens is 492 g/mol. The van der Waals surface area contributed by atoms with Gasteiger partial charge in [0.05, 0.1) is 0 Å². The molecule has 2 rings (SSSR count). The van der Waals surface area contributed by atoms with E-state index in [1.165, 1.54) is 30.1 Å². The van der Waals surface area contributed by atoms with Gasteiger partial charge < -0.3 is 15.4 Å². The smallest absolute Gasteiger partial charge is 0.405 e. The van der Waals surface area contributed by atoms with E-state index >= 15 is 0 Å². The summed E-state index contributed by atoms with van der Waals surface area (Å²) in [5.74, 6) is -0.366. The van der Waals surface area contributed by atoms with Gasteiger partial charge >= 0.3 is 6.36 Å². The summed E-state index contributed by atoms with van der Waals surface area (Å²) in [6.45, 7) is 0.525. The van der Waals surface area contributed by atoms with Gasteiger partial charge in [-0.05, 0) is 12.5 Å². The van der Waals surface area contributed by atoms with Crippen LogP contribution in [0.25, 0.3) is 0 Å². The Labute approximate surface area is 177 Å². The number of rotatable bonds is 6. The van der Waals surface area contributed by atoms with Crippen molar-refractivity contribution in [1.82, 2.24) is 15.5 Å². The van der Waals surface area contributed by atoms with Gasteiger partial charge in [0.2, 0.25) is 11.8 Å². The van der Waals surface area contributed by atoms with Crippen LogP contribution in [0.5, 0.6) is 5.75 Å². The summed E-state index contributed by atoms with van der Waals surface area (Å²) in [6, 6.07) is 5.79. The zero-order valence-electron chi connectivity index (χ0n) is 15.2. The van der Waals surface area contributed by atoms with E-state index in [1.54, 1.807) is 6.07 Å². The van der Waals surface area contributed by atoms with Gasteiger partial charge in [-0.15, -0.1) is 37.1 Å². The van der Waals surface area contributed by atoms with Crippen molar-refractivity contribution >= 4 is 41.8 Å². The van der Waals surface area contributed by atoms with Crippen LogP contribution in [0.4, 0.5) is 13.2 Å². The average Bonchev–Trinajstić information content (AvgIpc) is 2.60. The highest BCUT2D eigenvalue weighted by molar-refractivity contribution is 14.0. The normalized spacial score (nSPS) is 15.1. The summed E-state index contributed by atoms with van der Waals surface area (Å²) in [7, 11) is 1.50. The number of guanidine groups is 1. The fourth-order valence-electron chi connectivity index (χ4n) is 2.61. The summed E-state index contributed by atoms with van der Waals surface area (Å²) in [5.41, 5.74) is 0.305. The van der Waals surface area contributed by atoms with Crippen LogP contribution in [-0.4, -0.2) is 49.2 Å². The van der Waals surface area contributed by atoms with Crippen molar-refractivity contribution in [1.29, 1.82) is 0 Å². The number of para-hydroxylation sites is 1. The number of likely N-dealkylation sites (tertiary alicyclic amines) is 1. The Kier molecular flexibility index (Phi) is 9.49. The van der Waals surface area contributed by atoms with E-state index in [1.807, 2.05) is 0 Å². The minimum absolute atomic E-state index is 0. The maximum atomic E-state index is 12.5. The van der Waals surface area contributed by atoms with E-state index in [0.717, 1.165) is 0 Å². The third-order valence-corrected chi connectivity index (χ3v) is 3.88. The van der Waals surface area contributed by atoms with Crippen molar-refractivity contribution in [3.05, 3.63) is 29.8 Å². The number of nitrogens with one attached hydrogen (secondary N) is 2. The summed E-state index contributed by atoms with van der Waals surface area (Å²) in [5, 5.41) is 5.80. The summed E-state index contributed by atoms with van der Waals surface area (Å²) in [4.78, 5) is 28.7. The van der Waals surface area contributed by atoms with Crippen molar-refractivity contribution in [3.63, 3.8) is 0 Å². The van der Waals surface area contributed by atoms with Gasteiger partial charge in [0.25, 0.3) is 0 Å². The Morgan fingerprint density at radius 1 is 1.18 bits per heavy atom. The molecule has 0 aliphatic carbocycles. The van der Waals surface area contributed by atoms with Gasteiger partial charge in [0, 0.05) is 45.1 Å². The number of amides is 2. The Hall–Kier alpha value is -2.05. The van der Waals surface area contributed by atoms with E-state index in [9.17, 15) is 22.8 Å². The summed E-state index contributed by atoms with van der Waals surface area (Å²) < 4.78 is 41.4. The number of alkyl halides is 3. The third-order valence-electron chi connectivity index (χ3n) is 3.88. The summed E-state index contributed by atoms with van der Waals surface area (Å²) in [6.07, 6.45) is -3.49. The number of hydrogen-bond acceptors (Lipinski definition) is 4. The highest BCUT2D eigenvalue weighted by atomic mass is 127. The number of aliphatic imine (C=N–C) groups is 1. The third kappa shape index (κ3) is 7.52. The lowest BCUT2D eigenvalue weighted by Crippen LogP contribution is -2.46. The molecule has 0 unspecified atom stereocenters. The maximum absolute atomic E-state index is 12.5. The second-order valence-corrected chi connectivity index (χ2v) is 5.80. The number of benzene rings is 1. The van der Waals surface area contributed by atoms with Gasteiger partial charge in [-0.1, -0.05) is 18.2 Å². The maximum Gasteiger partial charge on any atom is 0.573 e. The molecule has 1 aliphatic heterocycles. The molecule has 2 amide bonds. The first-order valence-electron chi connectivity index (χ1n) is 8.41. The Morgan fingerprint density at radius 2 is 1.82 bits per heavy atom. The molecule has 7 nitrogen and oxygen atoms in total. The van der Waals surface area contributed by atoms with Crippen molar-refractivity contribution < 1.29 is 27.5 Å². The number of ether oxygens (including phenoxy) is 1. The highest BCUT2D eigenvalue weighted by Gasteiger charge is 2.32. The van der Waals surface area contributed by atoms with Crippen LogP contribution in [0.1, 0.15) is 24.8 Å². The monoisotopic (exact) mass is 514 g/mol. The van der Waals surface area contributed by atoms with Crippen molar-refractivity contribution in [2.24, 2.45) is 4.99 Å². The first-order chi connectivity index (χ1) is 12.8. The molecule has 0 atom stereocenters. The zero-order chi connectivity index (χ0) is 19.9. The summed E-state index contributed by atoms with van der Waals surface area (Å²) >= 11 is 0. The van der Waals surface area contributed by atoms with Gasteiger partial charge in [0.15, 0.2) is 5.96 Å². The van der Waals surface area contributed by atoms with Crippen LogP contribution in [0.2, 0.25) is 0 Å². The molecule has 11 heteroatoms. The number of nitrogens with zero attached hydrogens (tertiary/aromatic N) is 2. The number of piperidine rings is 1. The molecule has 28 heavy (non-hydrogen) atoms. The minimum Gasteiger partial charge on any atom is -0.405 e. The lowest BCUT2D eigenvalue weighted by Gasteiger charge is -2.25. The van der Waals surface area contributed by atoms with Gasteiger partial charge in [-0.3, -0.25) is 19.5 Å². The first kappa shape index (κ1) is 24.0. The SMILES string of the molecule is CN=C(NCCN1C(=O)CCCC1=O)NCc1ccccc1OC(F)(F)F.I. The molecule has 1 aliphatic rings. The quantitative estimate of drug-likeness (QED) is 0.264. The second-order valence-electron chi connectivity index (χ2n) is 5.80. The van der Waals surface area contributed by atoms with Crippen molar-refractivity contribution in [2.45, 2.75) is 32.2 Å². The molecule has 1 aromatic carbocycles. The first-order valence-corrected chi connectivity index (χ1v) is 8.41. The van der Waals surface area contributed by atoms with Crippen LogP contribution in [-0.2, 0) is 16.1 Å². The fourth-order valence-corrected chi connectivity index (χ4v) is 2.61. The largest absolute Gasteiger partial charge is 0.573 e. The number of carbonyl (C=O) groups is 2. The fraction of sp³-hybridized carbons (Fsp3) is 0.471. The predicted octanol–water partition coefficient (Wildman–Crippen LogP) is 2.41. The van der Waals surface area contributed by atoms with E-state index in [4.69, 9.17) is 0 Å². The molecule has 0 saturated carbocycles. The van der Waals surface area contributed by atoms with Crippen LogP contribution >= 0.6 is 24.0 Å². The van der Waals surface area contributed by atoms with E-state index in [0.29, 0.717) is 30.8 Å². The zero-order valence-corrected chi connectivity index (χ0v) is 17.5. The molecule has 1 saturated heterocycles. The number of carbonyl (C=O) groups excluding carboxylic acids is 2. The minimum atomic E-state index is -4.77. The van der Waals surface area contributed by atoms with E-state index in [2.05, 4.69) is 20.4 Å². The van der Waals surface area contributed by atoms with Gasteiger partial charge in [0.1, 0.15) is 5.75 Å². The Balaban J connectivity index is 0.00000392. The standard InChI is InChI=1S/C17H21F3N4O3.HI/c1-21-16(22-9-10-24-14(25)7-4-8-15(24)26)23-11-12-5-2-3-6-13(12)27-17(18,19)20;/h2-3,5-6H,4,7-11H2,1H3,(H2,21,22,23);1H. The van der Waals surface area contributed by atoms with E-state index < -0.39 is 6.36 Å². The lowest BCUT2D eigenvalue weighted by molar-refractivity contribution is -0.274. The molecule has 1 aromatic rings. The Morgan fingerprint density at radius 3 is 2.43 bits per heavy atom. The molecule has 0 spiro atoms. The molecule has 1 fully saturated rings. The topological polar surface area (TPSA) is 83.0 Å². The highest BCUT2D eigenvalue weighted by Crippen LogP contribution is 2.26. The molecule has 0 bridgehead atoms. The predicted molar refractivity (Wildman–Crippen MR) is 107 cm³/mol. The Bertz CT molecular complexity index is 697. The number of imide groups is 1. The van der Waals surface area contributed by atoms with Crippen LogP contribution < -0.4 is 15.4 Å². The lowest BCUT2D eigenvalue weighted by atomic mass is 10.1. The van der Waals surface area contributed by atoms with Gasteiger partial charge in [-0.25, -0.2) is 0 Å². The molecular formula is C17H22F3IN4O3. The van der Waals surface area contributed by atoms with Crippen LogP contribution in [0.15, 0.2) is 29.3 Å². The molecule has 156 valence electrons. The second kappa shape index (κ2) is 11.1. The molecule has 0 aromatic heterocycles. The number of hydrogen-bond donors (Lipinski definition) is 2. The molecule has 0 radical (unpaired) electrons. The average molecular weight is 514 g/mol. The van der Waals surface area contributed by atoms with Crippen LogP contribution in [0, 0.1) is 0 Å². The van der Waals surface area contributed by atoms with E-state index in [-0.39, 0.29) is 61.2 Å². The van der Waals surface area contributed by atoms with Crippen LogP contribution in [0.3, 0.4) is 0 Å². The van der Waals surface area contributed by atoms with Gasteiger partial charge in [-0.2, -0.15) is 0 Å². The van der Waals surface area contributed by atoms with Crippen molar-refractivity contribution in [3.8, 4) is 5.75 Å². The van der Waals surface area contributed by atoms with Crippen molar-refractivity contribution in [2.75, 3.05) is 20.1 Å². The molecule has 2 N–H and O–H groups in total. The number of halogens is 4.